The molecule has 4 nitrogen and oxygen atoms in total. The molecule has 10 aromatic rings. The van der Waals surface area contributed by atoms with Crippen LogP contribution in [0.4, 0.5) is 0 Å². The van der Waals surface area contributed by atoms with Crippen LogP contribution in [-0.4, -0.2) is 19.1 Å². The fourth-order valence-corrected chi connectivity index (χ4v) is 7.35. The minimum absolute atomic E-state index is 0.658. The van der Waals surface area contributed by atoms with E-state index in [1.807, 2.05) is 6.07 Å². The van der Waals surface area contributed by atoms with Crippen LogP contribution >= 0.6 is 0 Å². The molecule has 10 rings (SSSR count). The lowest BCUT2D eigenvalue weighted by Crippen LogP contribution is -2.04. The number of rotatable bonds is 3. The average molecular weight is 587 g/mol. The lowest BCUT2D eigenvalue weighted by molar-refractivity contribution is 1.01. The summed E-state index contributed by atoms with van der Waals surface area (Å²) in [6.07, 6.45) is 0. The molecule has 4 heteroatoms. The minimum atomic E-state index is 0.658. The highest BCUT2D eigenvalue weighted by molar-refractivity contribution is 6.28. The summed E-state index contributed by atoms with van der Waals surface area (Å²) >= 11 is 0. The first-order valence-electron chi connectivity index (χ1n) is 15.6. The van der Waals surface area contributed by atoms with Gasteiger partial charge in [0, 0.05) is 38.2 Å². The van der Waals surface area contributed by atoms with E-state index in [0.29, 0.717) is 5.95 Å². The zero-order chi connectivity index (χ0) is 30.2. The number of hydrogen-bond acceptors (Lipinski definition) is 2. The predicted octanol–water partition coefficient (Wildman–Crippen LogP) is 10.6. The lowest BCUT2D eigenvalue weighted by Gasteiger charge is -2.13. The molecule has 0 aliphatic carbocycles. The van der Waals surface area contributed by atoms with Gasteiger partial charge in [-0.2, -0.15) is 0 Å². The summed E-state index contributed by atoms with van der Waals surface area (Å²) in [7, 11) is 0. The molecule has 0 aliphatic heterocycles. The number of nitrogens with zero attached hydrogens (tertiary/aromatic N) is 4. The third kappa shape index (κ3) is 3.49. The van der Waals surface area contributed by atoms with Gasteiger partial charge in [0.1, 0.15) is 0 Å². The summed E-state index contributed by atoms with van der Waals surface area (Å²) < 4.78 is 4.71. The molecule has 0 radical (unpaired) electrons. The van der Waals surface area contributed by atoms with Crippen molar-refractivity contribution >= 4 is 65.3 Å². The van der Waals surface area contributed by atoms with E-state index < -0.39 is 0 Å². The Kier molecular flexibility index (Phi) is 5.25. The maximum Gasteiger partial charge on any atom is 0.235 e. The Morgan fingerprint density at radius 1 is 0.391 bits per heavy atom. The van der Waals surface area contributed by atoms with Crippen molar-refractivity contribution in [2.45, 2.75) is 0 Å². The van der Waals surface area contributed by atoms with E-state index in [1.165, 1.54) is 37.8 Å². The molecule has 0 aliphatic rings. The lowest BCUT2D eigenvalue weighted by atomic mass is 10.0. The summed E-state index contributed by atoms with van der Waals surface area (Å²) in [5.41, 5.74) is 8.51. The van der Waals surface area contributed by atoms with Gasteiger partial charge in [-0.1, -0.05) is 127 Å². The van der Waals surface area contributed by atoms with Crippen molar-refractivity contribution in [1.29, 1.82) is 0 Å². The highest BCUT2D eigenvalue weighted by Gasteiger charge is 2.24. The summed E-state index contributed by atoms with van der Waals surface area (Å²) in [4.78, 5) is 10.7. The van der Waals surface area contributed by atoms with Gasteiger partial charge in [-0.3, -0.25) is 4.57 Å². The molecular formula is C42H26N4. The SMILES string of the molecule is c1ccc(-c2nc(-n3c4ccc5ccccc5c4c4ccc5c6ccccc6n(-c6ccccc6)c5c43)nc3ccccc23)cc1. The molecule has 0 fully saturated rings. The van der Waals surface area contributed by atoms with Crippen LogP contribution in [0.3, 0.4) is 0 Å². The monoisotopic (exact) mass is 586 g/mol. The zero-order valence-corrected chi connectivity index (χ0v) is 24.8. The second kappa shape index (κ2) is 9.62. The molecule has 0 spiro atoms. The van der Waals surface area contributed by atoms with E-state index in [4.69, 9.17) is 9.97 Å². The van der Waals surface area contributed by atoms with E-state index in [9.17, 15) is 0 Å². The van der Waals surface area contributed by atoms with Crippen LogP contribution < -0.4 is 0 Å². The van der Waals surface area contributed by atoms with Crippen molar-refractivity contribution in [3.63, 3.8) is 0 Å². The van der Waals surface area contributed by atoms with Crippen molar-refractivity contribution in [3.05, 3.63) is 158 Å². The fourth-order valence-electron chi connectivity index (χ4n) is 7.35. The predicted molar refractivity (Wildman–Crippen MR) is 191 cm³/mol. The van der Waals surface area contributed by atoms with Gasteiger partial charge in [-0.05, 0) is 41.1 Å². The Labute approximate surface area is 264 Å². The Balaban J connectivity index is 1.47. The molecule has 0 atom stereocenters. The Hall–Kier alpha value is -6.26. The molecule has 3 heterocycles. The van der Waals surface area contributed by atoms with Gasteiger partial charge < -0.3 is 4.57 Å². The molecule has 3 aromatic heterocycles. The van der Waals surface area contributed by atoms with E-state index >= 15 is 0 Å². The third-order valence-corrected chi connectivity index (χ3v) is 9.30. The van der Waals surface area contributed by atoms with Crippen LogP contribution in [0.1, 0.15) is 0 Å². The van der Waals surface area contributed by atoms with Crippen molar-refractivity contribution < 1.29 is 0 Å². The summed E-state index contributed by atoms with van der Waals surface area (Å²) in [5, 5.41) is 8.26. The summed E-state index contributed by atoms with van der Waals surface area (Å²) in [6, 6.07) is 55.8. The number of hydrogen-bond donors (Lipinski definition) is 0. The molecular weight excluding hydrogens is 560 g/mol. The second-order valence-electron chi connectivity index (χ2n) is 11.8. The normalized spacial score (nSPS) is 11.9. The van der Waals surface area contributed by atoms with Gasteiger partial charge >= 0.3 is 0 Å². The molecule has 0 unspecified atom stereocenters. The van der Waals surface area contributed by atoms with Crippen LogP contribution in [0.15, 0.2) is 158 Å². The van der Waals surface area contributed by atoms with Crippen molar-refractivity contribution in [2.75, 3.05) is 0 Å². The second-order valence-corrected chi connectivity index (χ2v) is 11.8. The number of aromatic nitrogens is 4. The molecule has 0 saturated heterocycles. The first kappa shape index (κ1) is 25.1. The molecule has 0 amide bonds. The molecule has 214 valence electrons. The van der Waals surface area contributed by atoms with Crippen molar-refractivity contribution in [2.24, 2.45) is 0 Å². The summed E-state index contributed by atoms with van der Waals surface area (Å²) in [6.45, 7) is 0. The van der Waals surface area contributed by atoms with Crippen LogP contribution in [-0.2, 0) is 0 Å². The largest absolute Gasteiger partial charge is 0.307 e. The Morgan fingerprint density at radius 3 is 1.89 bits per heavy atom. The minimum Gasteiger partial charge on any atom is -0.307 e. The van der Waals surface area contributed by atoms with Gasteiger partial charge in [-0.15, -0.1) is 0 Å². The van der Waals surface area contributed by atoms with Gasteiger partial charge in [0.15, 0.2) is 0 Å². The third-order valence-electron chi connectivity index (χ3n) is 9.30. The zero-order valence-electron chi connectivity index (χ0n) is 24.8. The van der Waals surface area contributed by atoms with Crippen molar-refractivity contribution in [1.82, 2.24) is 19.1 Å². The van der Waals surface area contributed by atoms with E-state index in [2.05, 4.69) is 161 Å². The maximum atomic E-state index is 5.40. The fraction of sp³-hybridized carbons (Fsp3) is 0. The average Bonchev–Trinajstić information content (AvgIpc) is 3.65. The first-order valence-corrected chi connectivity index (χ1v) is 15.6. The molecule has 0 N–H and O–H groups in total. The van der Waals surface area contributed by atoms with Gasteiger partial charge in [0.25, 0.3) is 0 Å². The topological polar surface area (TPSA) is 35.6 Å². The molecule has 0 bridgehead atoms. The highest BCUT2D eigenvalue weighted by atomic mass is 15.2. The molecule has 0 saturated carbocycles. The van der Waals surface area contributed by atoms with Gasteiger partial charge in [-0.25, -0.2) is 9.97 Å². The van der Waals surface area contributed by atoms with Crippen LogP contribution in [0, 0.1) is 0 Å². The standard InChI is InChI=1S/C42H26N4/c1-3-14-28(15-4-1)39-33-20-9-11-21-35(33)43-42(44-39)46-37-26-23-27-13-7-8-18-30(27)38(37)34-25-24-32-31-19-10-12-22-36(31)45(40(32)41(34)46)29-16-5-2-6-17-29/h1-26H. The van der Waals surface area contributed by atoms with E-state index in [-0.39, 0.29) is 0 Å². The smallest absolute Gasteiger partial charge is 0.235 e. The van der Waals surface area contributed by atoms with E-state index in [0.717, 1.165) is 44.4 Å². The van der Waals surface area contributed by atoms with Gasteiger partial charge in [0.05, 0.1) is 33.3 Å². The molecule has 46 heavy (non-hydrogen) atoms. The quantitative estimate of drug-likeness (QED) is 0.206. The van der Waals surface area contributed by atoms with Gasteiger partial charge in [0.2, 0.25) is 5.95 Å². The Morgan fingerprint density at radius 2 is 1.04 bits per heavy atom. The molecule has 7 aromatic carbocycles. The van der Waals surface area contributed by atoms with Crippen LogP contribution in [0.5, 0.6) is 0 Å². The first-order chi connectivity index (χ1) is 22.8. The summed E-state index contributed by atoms with van der Waals surface area (Å²) in [5.74, 6) is 0.658. The number of fused-ring (bicyclic) bond motifs is 10. The van der Waals surface area contributed by atoms with Crippen LogP contribution in [0.25, 0.3) is 88.2 Å². The maximum absolute atomic E-state index is 5.40. The Bertz CT molecular complexity index is 2790. The van der Waals surface area contributed by atoms with Crippen LogP contribution in [0.2, 0.25) is 0 Å². The number of para-hydroxylation sites is 3. The van der Waals surface area contributed by atoms with Crippen molar-refractivity contribution in [3.8, 4) is 22.9 Å². The number of benzene rings is 7. The highest BCUT2D eigenvalue weighted by Crippen LogP contribution is 2.43. The van der Waals surface area contributed by atoms with E-state index in [1.54, 1.807) is 0 Å².